The standard InChI is InChI=1S/C15H19FN2O3/c1-9(2)13(15(21)18-7-10(19)8-18)17-14(20)11-5-3-4-6-12(11)16/h3-6,9-10,13,19H,7-8H2,1-2H3,(H,17,20). The van der Waals surface area contributed by atoms with Crippen molar-refractivity contribution in [3.63, 3.8) is 0 Å². The molecule has 0 aromatic heterocycles. The molecule has 0 aliphatic carbocycles. The third kappa shape index (κ3) is 3.39. The number of β-amino-alcohol motifs (C(OH)–C–C–N with tert-alkyl or cyclic N) is 1. The van der Waals surface area contributed by atoms with Gasteiger partial charge in [-0.25, -0.2) is 4.39 Å². The highest BCUT2D eigenvalue weighted by Crippen LogP contribution is 2.15. The van der Waals surface area contributed by atoms with Crippen LogP contribution >= 0.6 is 0 Å². The average Bonchev–Trinajstić information content (AvgIpc) is 2.40. The van der Waals surface area contributed by atoms with Crippen LogP contribution < -0.4 is 5.32 Å². The largest absolute Gasteiger partial charge is 0.389 e. The van der Waals surface area contributed by atoms with E-state index in [4.69, 9.17) is 0 Å². The maximum Gasteiger partial charge on any atom is 0.254 e. The van der Waals surface area contributed by atoms with Crippen LogP contribution in [0.2, 0.25) is 0 Å². The van der Waals surface area contributed by atoms with Crippen LogP contribution in [0, 0.1) is 11.7 Å². The number of rotatable bonds is 4. The zero-order valence-electron chi connectivity index (χ0n) is 12.0. The first-order valence-electron chi connectivity index (χ1n) is 6.92. The molecule has 1 aliphatic heterocycles. The summed E-state index contributed by atoms with van der Waals surface area (Å²) in [7, 11) is 0. The van der Waals surface area contributed by atoms with Crippen molar-refractivity contribution in [2.24, 2.45) is 5.92 Å². The molecule has 5 nitrogen and oxygen atoms in total. The van der Waals surface area contributed by atoms with E-state index >= 15 is 0 Å². The smallest absolute Gasteiger partial charge is 0.254 e. The van der Waals surface area contributed by atoms with Gasteiger partial charge in [0.15, 0.2) is 0 Å². The van der Waals surface area contributed by atoms with Crippen molar-refractivity contribution in [3.05, 3.63) is 35.6 Å². The second-order valence-electron chi connectivity index (χ2n) is 5.57. The third-order valence-corrected chi connectivity index (χ3v) is 3.51. The number of nitrogens with zero attached hydrogens (tertiary/aromatic N) is 1. The van der Waals surface area contributed by atoms with Crippen molar-refractivity contribution in [2.75, 3.05) is 13.1 Å². The van der Waals surface area contributed by atoms with Gasteiger partial charge in [0.2, 0.25) is 5.91 Å². The first kappa shape index (κ1) is 15.4. The lowest BCUT2D eigenvalue weighted by Gasteiger charge is -2.39. The van der Waals surface area contributed by atoms with Gasteiger partial charge in [0.05, 0.1) is 11.7 Å². The summed E-state index contributed by atoms with van der Waals surface area (Å²) in [6.45, 7) is 4.16. The van der Waals surface area contributed by atoms with E-state index in [1.54, 1.807) is 19.9 Å². The Bertz CT molecular complexity index is 541. The Kier molecular flexibility index (Phi) is 4.57. The van der Waals surface area contributed by atoms with Gasteiger partial charge in [-0.2, -0.15) is 0 Å². The molecule has 1 heterocycles. The minimum atomic E-state index is -0.732. The van der Waals surface area contributed by atoms with E-state index < -0.39 is 23.9 Å². The Morgan fingerprint density at radius 3 is 2.48 bits per heavy atom. The van der Waals surface area contributed by atoms with Crippen molar-refractivity contribution >= 4 is 11.8 Å². The van der Waals surface area contributed by atoms with Crippen molar-refractivity contribution in [1.29, 1.82) is 0 Å². The van der Waals surface area contributed by atoms with Crippen molar-refractivity contribution in [1.82, 2.24) is 10.2 Å². The highest BCUT2D eigenvalue weighted by molar-refractivity contribution is 5.97. The van der Waals surface area contributed by atoms with E-state index in [-0.39, 0.29) is 30.5 Å². The molecule has 2 N–H and O–H groups in total. The molecule has 6 heteroatoms. The molecule has 1 saturated heterocycles. The molecule has 0 radical (unpaired) electrons. The normalized spacial score (nSPS) is 16.5. The summed E-state index contributed by atoms with van der Waals surface area (Å²) in [5, 5.41) is 11.8. The quantitative estimate of drug-likeness (QED) is 0.862. The predicted molar refractivity (Wildman–Crippen MR) is 75.1 cm³/mol. The number of carbonyl (C=O) groups excluding carboxylic acids is 2. The van der Waals surface area contributed by atoms with Crippen LogP contribution in [0.3, 0.4) is 0 Å². The van der Waals surface area contributed by atoms with Gasteiger partial charge >= 0.3 is 0 Å². The maximum absolute atomic E-state index is 13.6. The molecule has 1 fully saturated rings. The number of aliphatic hydroxyl groups excluding tert-OH is 1. The monoisotopic (exact) mass is 294 g/mol. The van der Waals surface area contributed by atoms with Gasteiger partial charge in [-0.15, -0.1) is 0 Å². The zero-order valence-corrected chi connectivity index (χ0v) is 12.0. The van der Waals surface area contributed by atoms with Crippen molar-refractivity contribution in [3.8, 4) is 0 Å². The van der Waals surface area contributed by atoms with Gasteiger partial charge in [0.25, 0.3) is 5.91 Å². The lowest BCUT2D eigenvalue weighted by Crippen LogP contribution is -2.60. The fraction of sp³-hybridized carbons (Fsp3) is 0.467. The molecule has 0 spiro atoms. The SMILES string of the molecule is CC(C)C(NC(=O)c1ccccc1F)C(=O)N1CC(O)C1. The van der Waals surface area contributed by atoms with Crippen LogP contribution in [0.4, 0.5) is 4.39 Å². The van der Waals surface area contributed by atoms with E-state index in [1.807, 2.05) is 0 Å². The number of hydrogen-bond donors (Lipinski definition) is 2. The third-order valence-electron chi connectivity index (χ3n) is 3.51. The van der Waals surface area contributed by atoms with Crippen LogP contribution in [0.1, 0.15) is 24.2 Å². The average molecular weight is 294 g/mol. The molecule has 1 atom stereocenters. The number of nitrogens with one attached hydrogen (secondary N) is 1. The number of halogens is 1. The number of hydrogen-bond acceptors (Lipinski definition) is 3. The van der Waals surface area contributed by atoms with E-state index in [0.717, 1.165) is 0 Å². The van der Waals surface area contributed by atoms with Gasteiger partial charge in [-0.05, 0) is 18.1 Å². The molecule has 2 rings (SSSR count). The minimum absolute atomic E-state index is 0.0837. The van der Waals surface area contributed by atoms with Gasteiger partial charge in [-0.3, -0.25) is 9.59 Å². The number of benzene rings is 1. The number of likely N-dealkylation sites (tertiary alicyclic amines) is 1. The molecule has 1 aliphatic rings. The van der Waals surface area contributed by atoms with Crippen LogP contribution in [0.25, 0.3) is 0 Å². The van der Waals surface area contributed by atoms with E-state index in [0.29, 0.717) is 0 Å². The molecule has 21 heavy (non-hydrogen) atoms. The van der Waals surface area contributed by atoms with Gasteiger partial charge in [-0.1, -0.05) is 26.0 Å². The van der Waals surface area contributed by atoms with Crippen LogP contribution in [0.15, 0.2) is 24.3 Å². The fourth-order valence-electron chi connectivity index (χ4n) is 2.21. The van der Waals surface area contributed by atoms with Gasteiger partial charge in [0, 0.05) is 13.1 Å². The van der Waals surface area contributed by atoms with Crippen molar-refractivity contribution < 1.29 is 19.1 Å². The second kappa shape index (κ2) is 6.22. The van der Waals surface area contributed by atoms with Crippen molar-refractivity contribution in [2.45, 2.75) is 26.0 Å². The highest BCUT2D eigenvalue weighted by atomic mass is 19.1. The summed E-state index contributed by atoms with van der Waals surface area (Å²) < 4.78 is 13.6. The highest BCUT2D eigenvalue weighted by Gasteiger charge is 2.35. The molecular weight excluding hydrogens is 275 g/mol. The molecule has 1 aromatic rings. The maximum atomic E-state index is 13.6. The summed E-state index contributed by atoms with van der Waals surface area (Å²) in [5.41, 5.74) is -0.0837. The number of amides is 2. The molecular formula is C15H19FN2O3. The predicted octanol–water partition coefficient (Wildman–Crippen LogP) is 0.783. The molecule has 1 unspecified atom stereocenters. The van der Waals surface area contributed by atoms with E-state index in [9.17, 15) is 19.1 Å². The summed E-state index contributed by atoms with van der Waals surface area (Å²) in [6.07, 6.45) is -0.496. The van der Waals surface area contributed by atoms with Gasteiger partial charge in [0.1, 0.15) is 11.9 Å². The molecule has 1 aromatic carbocycles. The molecule has 0 saturated carbocycles. The topological polar surface area (TPSA) is 69.6 Å². The minimum Gasteiger partial charge on any atom is -0.389 e. The number of carbonyl (C=O) groups is 2. The Balaban J connectivity index is 2.08. The van der Waals surface area contributed by atoms with Crippen LogP contribution in [0.5, 0.6) is 0 Å². The summed E-state index contributed by atoms with van der Waals surface area (Å²) in [4.78, 5) is 25.9. The van der Waals surface area contributed by atoms with E-state index in [2.05, 4.69) is 5.32 Å². The Hall–Kier alpha value is -1.95. The lowest BCUT2D eigenvalue weighted by molar-refractivity contribution is -0.144. The first-order chi connectivity index (χ1) is 9.90. The first-order valence-corrected chi connectivity index (χ1v) is 6.92. The van der Waals surface area contributed by atoms with Gasteiger partial charge < -0.3 is 15.3 Å². The Morgan fingerprint density at radius 2 is 1.95 bits per heavy atom. The second-order valence-corrected chi connectivity index (χ2v) is 5.57. The van der Waals surface area contributed by atoms with Crippen LogP contribution in [-0.2, 0) is 4.79 Å². The Morgan fingerprint density at radius 1 is 1.33 bits per heavy atom. The zero-order chi connectivity index (χ0) is 15.6. The van der Waals surface area contributed by atoms with E-state index in [1.165, 1.54) is 23.1 Å². The molecule has 114 valence electrons. The molecule has 0 bridgehead atoms. The summed E-state index contributed by atoms with van der Waals surface area (Å²) >= 11 is 0. The Labute approximate surface area is 122 Å². The summed E-state index contributed by atoms with van der Waals surface area (Å²) in [5.74, 6) is -1.61. The molecule has 2 amide bonds. The lowest BCUT2D eigenvalue weighted by atomic mass is 10.00. The fourth-order valence-corrected chi connectivity index (χ4v) is 2.21. The number of aliphatic hydroxyl groups is 1. The van der Waals surface area contributed by atoms with Crippen LogP contribution in [-0.4, -0.2) is 47.1 Å². The summed E-state index contributed by atoms with van der Waals surface area (Å²) in [6, 6.07) is 4.91.